The Hall–Kier alpha value is -0.0900. The lowest BCUT2D eigenvalue weighted by Crippen LogP contribution is -1.89. The standard InChI is InChI=1S/C8H6ClIO/c1-5-2-3-6(8(10)11)7(9)4-5/h2-4H,1H3. The smallest absolute Gasteiger partial charge is 0.223 e. The first-order chi connectivity index (χ1) is 5.11. The molecule has 11 heavy (non-hydrogen) atoms. The lowest BCUT2D eigenvalue weighted by atomic mass is 10.2. The topological polar surface area (TPSA) is 17.1 Å². The van der Waals surface area contributed by atoms with Gasteiger partial charge in [0.2, 0.25) is 3.79 Å². The lowest BCUT2D eigenvalue weighted by Gasteiger charge is -1.98. The molecular weight excluding hydrogens is 274 g/mol. The Labute approximate surface area is 83.9 Å². The SMILES string of the molecule is Cc1ccc(C(=O)I)c(Cl)c1. The average molecular weight is 280 g/mol. The fraction of sp³-hybridized carbons (Fsp3) is 0.125. The predicted octanol–water partition coefficient (Wildman–Crippen LogP) is 3.22. The molecule has 0 aliphatic carbocycles. The Balaban J connectivity index is 3.20. The molecule has 0 spiro atoms. The number of benzene rings is 1. The summed E-state index contributed by atoms with van der Waals surface area (Å²) in [6.45, 7) is 1.94. The van der Waals surface area contributed by atoms with Crippen molar-refractivity contribution in [2.24, 2.45) is 0 Å². The first-order valence-corrected chi connectivity index (χ1v) is 4.53. The van der Waals surface area contributed by atoms with E-state index in [2.05, 4.69) is 0 Å². The summed E-state index contributed by atoms with van der Waals surface area (Å²) in [5.41, 5.74) is 1.65. The molecule has 0 aliphatic rings. The molecular formula is C8H6ClIO. The van der Waals surface area contributed by atoms with E-state index >= 15 is 0 Å². The zero-order valence-corrected chi connectivity index (χ0v) is 8.81. The summed E-state index contributed by atoms with van der Waals surface area (Å²) >= 11 is 7.52. The summed E-state index contributed by atoms with van der Waals surface area (Å²) in [5, 5.41) is 0.532. The van der Waals surface area contributed by atoms with Crippen LogP contribution in [0.3, 0.4) is 0 Å². The van der Waals surface area contributed by atoms with Gasteiger partial charge in [0.05, 0.1) is 5.02 Å². The zero-order valence-electron chi connectivity index (χ0n) is 5.90. The van der Waals surface area contributed by atoms with Gasteiger partial charge in [-0.3, -0.25) is 4.79 Å². The third-order valence-electron chi connectivity index (χ3n) is 1.34. The van der Waals surface area contributed by atoms with Crippen LogP contribution in [0.15, 0.2) is 18.2 Å². The molecule has 0 atom stereocenters. The molecule has 0 unspecified atom stereocenters. The Bertz CT molecular complexity index is 296. The second kappa shape index (κ2) is 3.54. The molecule has 1 rings (SSSR count). The summed E-state index contributed by atoms with van der Waals surface area (Å²) < 4.78 is -0.0207. The fourth-order valence-electron chi connectivity index (χ4n) is 0.780. The van der Waals surface area contributed by atoms with Crippen LogP contribution in [0, 0.1) is 6.92 Å². The summed E-state index contributed by atoms with van der Waals surface area (Å²) in [4.78, 5) is 10.9. The van der Waals surface area contributed by atoms with Gasteiger partial charge in [-0.2, -0.15) is 0 Å². The molecule has 0 amide bonds. The molecule has 0 heterocycles. The highest BCUT2D eigenvalue weighted by atomic mass is 127. The van der Waals surface area contributed by atoms with Gasteiger partial charge in [-0.15, -0.1) is 0 Å². The second-order valence-corrected chi connectivity index (χ2v) is 3.64. The van der Waals surface area contributed by atoms with E-state index in [-0.39, 0.29) is 3.79 Å². The minimum Gasteiger partial charge on any atom is -0.282 e. The monoisotopic (exact) mass is 280 g/mol. The molecule has 58 valence electrons. The summed E-state index contributed by atoms with van der Waals surface area (Å²) in [6, 6.07) is 5.40. The van der Waals surface area contributed by atoms with Crippen LogP contribution in [0.4, 0.5) is 0 Å². The van der Waals surface area contributed by atoms with Gasteiger partial charge in [0.25, 0.3) is 0 Å². The predicted molar refractivity (Wildman–Crippen MR) is 54.5 cm³/mol. The van der Waals surface area contributed by atoms with E-state index in [1.807, 2.05) is 13.0 Å². The minimum atomic E-state index is -0.0207. The molecule has 0 saturated carbocycles. The number of rotatable bonds is 1. The second-order valence-electron chi connectivity index (χ2n) is 2.26. The first kappa shape index (κ1) is 9.00. The van der Waals surface area contributed by atoms with E-state index in [4.69, 9.17) is 11.6 Å². The maximum absolute atomic E-state index is 10.9. The third-order valence-corrected chi connectivity index (χ3v) is 2.23. The number of hydrogen-bond acceptors (Lipinski definition) is 1. The number of carbonyl (C=O) groups is 1. The van der Waals surface area contributed by atoms with Gasteiger partial charge < -0.3 is 0 Å². The Kier molecular flexibility index (Phi) is 2.90. The summed E-state index contributed by atoms with van der Waals surface area (Å²) in [7, 11) is 0. The van der Waals surface area contributed by atoms with Crippen molar-refractivity contribution in [3.05, 3.63) is 34.3 Å². The number of hydrogen-bond donors (Lipinski definition) is 0. The van der Waals surface area contributed by atoms with Gasteiger partial charge in [0.15, 0.2) is 0 Å². The fourth-order valence-corrected chi connectivity index (χ4v) is 1.73. The highest BCUT2D eigenvalue weighted by Gasteiger charge is 2.05. The van der Waals surface area contributed by atoms with E-state index in [0.717, 1.165) is 5.56 Å². The van der Waals surface area contributed by atoms with Crippen molar-refractivity contribution < 1.29 is 4.79 Å². The molecule has 1 aromatic carbocycles. The summed E-state index contributed by atoms with van der Waals surface area (Å²) in [5.74, 6) is 0. The molecule has 1 nitrogen and oxygen atoms in total. The molecule has 0 aromatic heterocycles. The highest BCUT2D eigenvalue weighted by molar-refractivity contribution is 14.1. The van der Waals surface area contributed by atoms with Crippen molar-refractivity contribution in [2.75, 3.05) is 0 Å². The van der Waals surface area contributed by atoms with Crippen molar-refractivity contribution in [1.82, 2.24) is 0 Å². The third kappa shape index (κ3) is 2.17. The van der Waals surface area contributed by atoms with Crippen molar-refractivity contribution in [1.29, 1.82) is 0 Å². The van der Waals surface area contributed by atoms with Crippen LogP contribution in [0.2, 0.25) is 5.02 Å². The molecule has 0 N–H and O–H groups in total. The molecule has 3 heteroatoms. The summed E-state index contributed by atoms with van der Waals surface area (Å²) in [6.07, 6.45) is 0. The van der Waals surface area contributed by atoms with E-state index in [9.17, 15) is 4.79 Å². The first-order valence-electron chi connectivity index (χ1n) is 3.07. The van der Waals surface area contributed by atoms with Crippen LogP contribution in [-0.4, -0.2) is 3.79 Å². The van der Waals surface area contributed by atoms with Crippen molar-refractivity contribution >= 4 is 38.0 Å². The Morgan fingerprint density at radius 2 is 2.18 bits per heavy atom. The van der Waals surface area contributed by atoms with Crippen LogP contribution < -0.4 is 0 Å². The number of aryl methyl sites for hydroxylation is 1. The van der Waals surface area contributed by atoms with Gasteiger partial charge in [-0.05, 0) is 24.6 Å². The number of halogens is 2. The molecule has 0 fully saturated rings. The minimum absolute atomic E-state index is 0.0207. The van der Waals surface area contributed by atoms with Gasteiger partial charge in [0, 0.05) is 28.2 Å². The largest absolute Gasteiger partial charge is 0.282 e. The van der Waals surface area contributed by atoms with Crippen LogP contribution in [0.1, 0.15) is 15.9 Å². The van der Waals surface area contributed by atoms with Crippen molar-refractivity contribution in [3.63, 3.8) is 0 Å². The van der Waals surface area contributed by atoms with E-state index in [1.54, 1.807) is 34.7 Å². The van der Waals surface area contributed by atoms with Crippen LogP contribution in [-0.2, 0) is 0 Å². The van der Waals surface area contributed by atoms with Crippen LogP contribution >= 0.6 is 34.2 Å². The number of carbonyl (C=O) groups excluding carboxylic acids is 1. The van der Waals surface area contributed by atoms with E-state index in [1.165, 1.54) is 0 Å². The van der Waals surface area contributed by atoms with Gasteiger partial charge >= 0.3 is 0 Å². The van der Waals surface area contributed by atoms with Gasteiger partial charge in [-0.25, -0.2) is 0 Å². The Morgan fingerprint density at radius 3 is 2.64 bits per heavy atom. The van der Waals surface area contributed by atoms with Crippen LogP contribution in [0.5, 0.6) is 0 Å². The quantitative estimate of drug-likeness (QED) is 0.570. The molecule has 0 radical (unpaired) electrons. The maximum atomic E-state index is 10.9. The normalized spacial score (nSPS) is 9.73. The highest BCUT2D eigenvalue weighted by Crippen LogP contribution is 2.19. The molecule has 0 aliphatic heterocycles. The zero-order chi connectivity index (χ0) is 8.43. The van der Waals surface area contributed by atoms with Crippen molar-refractivity contribution in [3.8, 4) is 0 Å². The van der Waals surface area contributed by atoms with E-state index in [0.29, 0.717) is 10.6 Å². The van der Waals surface area contributed by atoms with E-state index < -0.39 is 0 Å². The molecule has 1 aromatic rings. The van der Waals surface area contributed by atoms with Gasteiger partial charge in [-0.1, -0.05) is 17.7 Å². The Morgan fingerprint density at radius 1 is 1.55 bits per heavy atom. The lowest BCUT2D eigenvalue weighted by molar-refractivity contribution is 0.110. The molecule has 0 saturated heterocycles. The maximum Gasteiger partial charge on any atom is 0.223 e. The average Bonchev–Trinajstić information content (AvgIpc) is 1.85. The molecule has 0 bridgehead atoms. The van der Waals surface area contributed by atoms with Gasteiger partial charge in [0.1, 0.15) is 0 Å². The van der Waals surface area contributed by atoms with Crippen LogP contribution in [0.25, 0.3) is 0 Å². The van der Waals surface area contributed by atoms with Crippen molar-refractivity contribution in [2.45, 2.75) is 6.92 Å².